The molecule has 0 spiro atoms. The number of urea groups is 1. The van der Waals surface area contributed by atoms with Crippen molar-refractivity contribution in [2.75, 3.05) is 13.2 Å². The molecular weight excluding hydrogens is 307 g/mol. The monoisotopic (exact) mass is 330 g/mol. The fourth-order valence-corrected chi connectivity index (χ4v) is 2.26. The summed E-state index contributed by atoms with van der Waals surface area (Å²) >= 11 is 0. The van der Waals surface area contributed by atoms with Gasteiger partial charge in [-0.1, -0.05) is 18.2 Å². The summed E-state index contributed by atoms with van der Waals surface area (Å²) in [4.78, 5) is 11.7. The summed E-state index contributed by atoms with van der Waals surface area (Å²) in [6.07, 6.45) is 0. The van der Waals surface area contributed by atoms with E-state index < -0.39 is 0 Å². The van der Waals surface area contributed by atoms with Crippen LogP contribution in [0.25, 0.3) is 0 Å². The molecule has 2 aromatic carbocycles. The molecule has 0 aliphatic carbocycles. The lowest BCUT2D eigenvalue weighted by Gasteiger charge is -2.12. The third-order valence-electron chi connectivity index (χ3n) is 3.80. The standard InChI is InChI=1S/C19H23FN2O2/c1-13-10-15(3)18(11-14(13)2)24-9-8-21-19(23)22-12-16-4-6-17(20)7-5-16/h4-7,10-11H,8-9,12H2,1-3H3,(H2,21,22,23). The number of hydrogen-bond acceptors (Lipinski definition) is 2. The van der Waals surface area contributed by atoms with Crippen LogP contribution in [0.5, 0.6) is 5.75 Å². The zero-order valence-electron chi connectivity index (χ0n) is 14.3. The molecule has 2 aromatic rings. The van der Waals surface area contributed by atoms with E-state index in [1.54, 1.807) is 12.1 Å². The highest BCUT2D eigenvalue weighted by Crippen LogP contribution is 2.22. The molecule has 0 unspecified atom stereocenters. The second-order valence-corrected chi connectivity index (χ2v) is 5.79. The Morgan fingerprint density at radius 2 is 1.67 bits per heavy atom. The molecule has 24 heavy (non-hydrogen) atoms. The van der Waals surface area contributed by atoms with E-state index >= 15 is 0 Å². The van der Waals surface area contributed by atoms with E-state index in [1.807, 2.05) is 19.9 Å². The quantitative estimate of drug-likeness (QED) is 0.795. The van der Waals surface area contributed by atoms with Gasteiger partial charge in [0.1, 0.15) is 18.2 Å². The number of carbonyl (C=O) groups excluding carboxylic acids is 1. The number of carbonyl (C=O) groups is 1. The molecule has 0 radical (unpaired) electrons. The Labute approximate surface area is 142 Å². The van der Waals surface area contributed by atoms with Gasteiger partial charge in [-0.15, -0.1) is 0 Å². The number of hydrogen-bond donors (Lipinski definition) is 2. The number of amides is 2. The Balaban J connectivity index is 1.69. The van der Waals surface area contributed by atoms with Crippen molar-refractivity contribution in [1.82, 2.24) is 10.6 Å². The Kier molecular flexibility index (Phi) is 6.18. The molecule has 0 saturated carbocycles. The summed E-state index contributed by atoms with van der Waals surface area (Å²) in [5, 5.41) is 5.45. The van der Waals surface area contributed by atoms with Crippen molar-refractivity contribution in [3.05, 3.63) is 64.5 Å². The van der Waals surface area contributed by atoms with E-state index in [-0.39, 0.29) is 11.8 Å². The van der Waals surface area contributed by atoms with Crippen molar-refractivity contribution in [2.24, 2.45) is 0 Å². The average Bonchev–Trinajstić information content (AvgIpc) is 2.55. The molecule has 0 bridgehead atoms. The van der Waals surface area contributed by atoms with Gasteiger partial charge in [-0.3, -0.25) is 0 Å². The van der Waals surface area contributed by atoms with Gasteiger partial charge in [0, 0.05) is 6.54 Å². The van der Waals surface area contributed by atoms with Crippen molar-refractivity contribution < 1.29 is 13.9 Å². The second kappa shape index (κ2) is 8.34. The van der Waals surface area contributed by atoms with Gasteiger partial charge >= 0.3 is 6.03 Å². The van der Waals surface area contributed by atoms with Crippen LogP contribution < -0.4 is 15.4 Å². The molecule has 0 saturated heterocycles. The van der Waals surface area contributed by atoms with Gasteiger partial charge in [-0.25, -0.2) is 9.18 Å². The summed E-state index contributed by atoms with van der Waals surface area (Å²) in [6.45, 7) is 7.27. The van der Waals surface area contributed by atoms with Crippen molar-refractivity contribution in [3.8, 4) is 5.75 Å². The molecule has 4 nitrogen and oxygen atoms in total. The summed E-state index contributed by atoms with van der Waals surface area (Å²) in [6, 6.07) is 9.85. The second-order valence-electron chi connectivity index (χ2n) is 5.79. The van der Waals surface area contributed by atoms with Crippen molar-refractivity contribution in [3.63, 3.8) is 0 Å². The van der Waals surface area contributed by atoms with E-state index in [9.17, 15) is 9.18 Å². The lowest BCUT2D eigenvalue weighted by atomic mass is 10.1. The zero-order chi connectivity index (χ0) is 17.5. The Bertz CT molecular complexity index is 699. The van der Waals surface area contributed by atoms with Gasteiger partial charge in [0.15, 0.2) is 0 Å². The van der Waals surface area contributed by atoms with E-state index in [0.29, 0.717) is 19.7 Å². The van der Waals surface area contributed by atoms with Gasteiger partial charge in [0.2, 0.25) is 0 Å². The van der Waals surface area contributed by atoms with Gasteiger partial charge in [-0.2, -0.15) is 0 Å². The average molecular weight is 330 g/mol. The molecule has 0 aromatic heterocycles. The number of ether oxygens (including phenoxy) is 1. The number of aryl methyl sites for hydroxylation is 3. The lowest BCUT2D eigenvalue weighted by Crippen LogP contribution is -2.37. The van der Waals surface area contributed by atoms with Crippen molar-refractivity contribution in [2.45, 2.75) is 27.3 Å². The summed E-state index contributed by atoms with van der Waals surface area (Å²) < 4.78 is 18.5. The maximum atomic E-state index is 12.8. The number of halogens is 1. The van der Waals surface area contributed by atoms with Crippen LogP contribution in [0.1, 0.15) is 22.3 Å². The van der Waals surface area contributed by atoms with Gasteiger partial charge in [0.25, 0.3) is 0 Å². The third kappa shape index (κ3) is 5.26. The fraction of sp³-hybridized carbons (Fsp3) is 0.316. The summed E-state index contributed by atoms with van der Waals surface area (Å²) in [5.74, 6) is 0.550. The van der Waals surface area contributed by atoms with Crippen molar-refractivity contribution >= 4 is 6.03 Å². The van der Waals surface area contributed by atoms with E-state index in [4.69, 9.17) is 4.74 Å². The van der Waals surface area contributed by atoms with Crippen LogP contribution in [0.4, 0.5) is 9.18 Å². The first kappa shape index (κ1) is 17.8. The maximum absolute atomic E-state index is 12.8. The lowest BCUT2D eigenvalue weighted by molar-refractivity contribution is 0.236. The number of nitrogens with one attached hydrogen (secondary N) is 2. The fourth-order valence-electron chi connectivity index (χ4n) is 2.26. The van der Waals surface area contributed by atoms with E-state index in [2.05, 4.69) is 23.6 Å². The molecule has 128 valence electrons. The SMILES string of the molecule is Cc1cc(C)c(OCCNC(=O)NCc2ccc(F)cc2)cc1C. The molecule has 5 heteroatoms. The van der Waals surface area contributed by atoms with Crippen LogP contribution in [0, 0.1) is 26.6 Å². The van der Waals surface area contributed by atoms with Gasteiger partial charge < -0.3 is 15.4 Å². The third-order valence-corrected chi connectivity index (χ3v) is 3.80. The predicted octanol–water partition coefficient (Wildman–Crippen LogP) is 3.63. The Morgan fingerprint density at radius 1 is 1.00 bits per heavy atom. The van der Waals surface area contributed by atoms with Gasteiger partial charge in [-0.05, 0) is 61.2 Å². The van der Waals surface area contributed by atoms with E-state index in [1.165, 1.54) is 23.3 Å². The maximum Gasteiger partial charge on any atom is 0.315 e. The molecule has 2 amide bonds. The number of rotatable bonds is 6. The highest BCUT2D eigenvalue weighted by atomic mass is 19.1. The van der Waals surface area contributed by atoms with Crippen LogP contribution in [0.15, 0.2) is 36.4 Å². The molecule has 0 heterocycles. The molecule has 2 rings (SSSR count). The molecule has 2 N–H and O–H groups in total. The Morgan fingerprint density at radius 3 is 2.38 bits per heavy atom. The van der Waals surface area contributed by atoms with Crippen LogP contribution in [0.2, 0.25) is 0 Å². The summed E-state index contributed by atoms with van der Waals surface area (Å²) in [7, 11) is 0. The Hall–Kier alpha value is -2.56. The first-order valence-electron chi connectivity index (χ1n) is 7.92. The predicted molar refractivity (Wildman–Crippen MR) is 92.8 cm³/mol. The molecule has 0 atom stereocenters. The van der Waals surface area contributed by atoms with Crippen LogP contribution >= 0.6 is 0 Å². The normalized spacial score (nSPS) is 10.3. The van der Waals surface area contributed by atoms with E-state index in [0.717, 1.165) is 16.9 Å². The summed E-state index contributed by atoms with van der Waals surface area (Å²) in [5.41, 5.74) is 4.34. The highest BCUT2D eigenvalue weighted by Gasteiger charge is 2.04. The molecule has 0 aliphatic heterocycles. The van der Waals surface area contributed by atoms with Crippen LogP contribution in [-0.4, -0.2) is 19.2 Å². The smallest absolute Gasteiger partial charge is 0.315 e. The minimum absolute atomic E-state index is 0.278. The number of benzene rings is 2. The van der Waals surface area contributed by atoms with Crippen LogP contribution in [0.3, 0.4) is 0 Å². The van der Waals surface area contributed by atoms with Crippen LogP contribution in [-0.2, 0) is 6.54 Å². The minimum Gasteiger partial charge on any atom is -0.491 e. The molecular formula is C19H23FN2O2. The largest absolute Gasteiger partial charge is 0.491 e. The molecule has 0 fully saturated rings. The van der Waals surface area contributed by atoms with Gasteiger partial charge in [0.05, 0.1) is 6.54 Å². The first-order chi connectivity index (χ1) is 11.5. The highest BCUT2D eigenvalue weighted by molar-refractivity contribution is 5.73. The minimum atomic E-state index is -0.290. The topological polar surface area (TPSA) is 50.4 Å². The molecule has 0 aliphatic rings. The zero-order valence-corrected chi connectivity index (χ0v) is 14.3. The first-order valence-corrected chi connectivity index (χ1v) is 7.92. The van der Waals surface area contributed by atoms with Crippen molar-refractivity contribution in [1.29, 1.82) is 0 Å².